The zero-order valence-corrected chi connectivity index (χ0v) is 38.1. The van der Waals surface area contributed by atoms with Crippen molar-refractivity contribution in [2.75, 3.05) is 30.4 Å². The summed E-state index contributed by atoms with van der Waals surface area (Å²) < 4.78 is 47.6. The van der Waals surface area contributed by atoms with Crippen LogP contribution in [0.4, 0.5) is 0 Å². The molecule has 0 rings (SSSR count). The van der Waals surface area contributed by atoms with Crippen molar-refractivity contribution in [3.05, 3.63) is 0 Å². The molecule has 0 spiro atoms. The van der Waals surface area contributed by atoms with Gasteiger partial charge in [0.15, 0.2) is 0 Å². The predicted octanol–water partition coefficient (Wildman–Crippen LogP) is 12.8. The molecule has 0 aromatic carbocycles. The van der Waals surface area contributed by atoms with Crippen LogP contribution in [0.15, 0.2) is 0 Å². The van der Waals surface area contributed by atoms with Gasteiger partial charge in [-0.15, -0.1) is 0 Å². The molecule has 2 radical (unpaired) electrons. The van der Waals surface area contributed by atoms with Crippen LogP contribution in [0.5, 0.6) is 0 Å². The van der Waals surface area contributed by atoms with Crippen molar-refractivity contribution >= 4 is 43.1 Å². The van der Waals surface area contributed by atoms with E-state index in [1.807, 2.05) is 0 Å². The summed E-state index contributed by atoms with van der Waals surface area (Å²) in [6.07, 6.45) is 29.1. The average molecular weight is 755 g/mol. The third-order valence-electron chi connectivity index (χ3n) is 9.22. The Morgan fingerprint density at radius 3 is 1.17 bits per heavy atom. The van der Waals surface area contributed by atoms with Crippen LogP contribution in [0.25, 0.3) is 0 Å². The summed E-state index contributed by atoms with van der Waals surface area (Å²) in [6.45, 7) is 19.1. The summed E-state index contributed by atoms with van der Waals surface area (Å²) in [5.74, 6) is -0.220. The fourth-order valence-electron chi connectivity index (χ4n) is 6.61. The van der Waals surface area contributed by atoms with E-state index in [0.29, 0.717) is 15.6 Å². The van der Waals surface area contributed by atoms with Crippen molar-refractivity contribution in [2.45, 2.75) is 207 Å². The molecular formula is C37H83O5PSSi3. The fraction of sp³-hybridized carbons (Fsp3) is 1.00. The van der Waals surface area contributed by atoms with Crippen LogP contribution in [0.2, 0.25) is 45.3 Å². The molecule has 0 unspecified atom stereocenters. The summed E-state index contributed by atoms with van der Waals surface area (Å²) in [5.41, 5.74) is 0. The van der Waals surface area contributed by atoms with E-state index in [0.717, 1.165) is 69.6 Å². The molecule has 0 aliphatic carbocycles. The van der Waals surface area contributed by atoms with Crippen LogP contribution < -0.4 is 0 Å². The maximum atomic E-state index is 14.0. The molecule has 0 bridgehead atoms. The van der Waals surface area contributed by atoms with Crippen molar-refractivity contribution in [3.63, 3.8) is 0 Å². The quantitative estimate of drug-likeness (QED) is 0.0283. The van der Waals surface area contributed by atoms with Gasteiger partial charge in [-0.25, -0.2) is 0 Å². The van der Waals surface area contributed by atoms with Crippen molar-refractivity contribution < 1.29 is 21.2 Å². The van der Waals surface area contributed by atoms with Crippen LogP contribution >= 0.6 is 6.83 Å². The molecule has 0 atom stereocenters. The first-order chi connectivity index (χ1) is 22.0. The summed E-state index contributed by atoms with van der Waals surface area (Å²) >= 11 is 0. The Hall–Kier alpha value is 0.911. The topological polar surface area (TPSA) is 61.8 Å². The van der Waals surface area contributed by atoms with E-state index in [4.69, 9.17) is 12.8 Å². The van der Waals surface area contributed by atoms with Gasteiger partial charge in [0.2, 0.25) is 0 Å². The molecule has 0 amide bonds. The van der Waals surface area contributed by atoms with Gasteiger partial charge in [-0.3, -0.25) is 0 Å². The van der Waals surface area contributed by atoms with Crippen LogP contribution in [-0.2, 0) is 22.9 Å². The van der Waals surface area contributed by atoms with Gasteiger partial charge >= 0.3 is 276 Å². The van der Waals surface area contributed by atoms with E-state index in [9.17, 15) is 8.42 Å². The normalized spacial score (nSPS) is 14.1. The minimum absolute atomic E-state index is 0.0765. The van der Waals surface area contributed by atoms with Crippen molar-refractivity contribution in [2.24, 2.45) is 0 Å². The Bertz CT molecular complexity index is 821. The van der Waals surface area contributed by atoms with Crippen LogP contribution in [0.3, 0.4) is 0 Å². The number of unbranched alkanes of at least 4 members (excludes halogenated alkanes) is 16. The van der Waals surface area contributed by atoms with Crippen LogP contribution in [0, 0.1) is 0 Å². The van der Waals surface area contributed by atoms with E-state index < -0.39 is 33.6 Å². The Morgan fingerprint density at radius 1 is 0.511 bits per heavy atom. The van der Waals surface area contributed by atoms with Gasteiger partial charge in [0.05, 0.1) is 0 Å². The van der Waals surface area contributed by atoms with Gasteiger partial charge in [0, 0.05) is 0 Å². The van der Waals surface area contributed by atoms with Crippen molar-refractivity contribution in [3.8, 4) is 0 Å². The first kappa shape index (κ1) is 47.9. The van der Waals surface area contributed by atoms with E-state index in [1.165, 1.54) is 83.5 Å². The molecule has 0 aromatic rings. The van der Waals surface area contributed by atoms with Gasteiger partial charge in [-0.2, -0.15) is 0 Å². The third-order valence-corrected chi connectivity index (χ3v) is 22.1. The Kier molecular flexibility index (Phi) is 26.3. The van der Waals surface area contributed by atoms with Gasteiger partial charge < -0.3 is 0 Å². The Balaban J connectivity index is 5.43. The van der Waals surface area contributed by atoms with E-state index >= 15 is 0 Å². The predicted molar refractivity (Wildman–Crippen MR) is 220 cm³/mol. The first-order valence-electron chi connectivity index (χ1n) is 20.1. The molecule has 0 saturated heterocycles. The second-order valence-electron chi connectivity index (χ2n) is 16.5. The van der Waals surface area contributed by atoms with Gasteiger partial charge in [-0.05, 0) is 0 Å². The SMILES string of the molecule is CCCCCCCCCCCCCCCCP(CCCC)(CCCC)(CCCC)OS(=O)(=O)CC[Si]C(O[Si](C)(C)C)O[Si](C)(C)C. The molecule has 0 fully saturated rings. The van der Waals surface area contributed by atoms with Crippen LogP contribution in [0.1, 0.15) is 156 Å². The molecule has 0 N–H and O–H groups in total. The first-order valence-corrected chi connectivity index (χ1v) is 32.7. The zero-order valence-electron chi connectivity index (χ0n) is 33.4. The van der Waals surface area contributed by atoms with E-state index in [2.05, 4.69) is 67.0 Å². The van der Waals surface area contributed by atoms with Crippen LogP contribution in [-0.4, -0.2) is 70.9 Å². The molecule has 0 saturated carbocycles. The standard InChI is InChI=1S/C37H83O5PSSi3/c1-11-15-19-20-21-22-23-24-25-26-27-28-29-30-34-43(31-16-12-2,32-17-13-3,33-18-14-4)42-44(38,39)35-36-45-37(40-46(5,6)7)41-47(8,9)10/h37H,11-36H2,1-10H3. The fourth-order valence-corrected chi connectivity index (χ4v) is 22.4. The van der Waals surface area contributed by atoms with Crippen molar-refractivity contribution in [1.29, 1.82) is 0 Å². The van der Waals surface area contributed by atoms with Crippen molar-refractivity contribution in [1.82, 2.24) is 0 Å². The van der Waals surface area contributed by atoms with Gasteiger partial charge in [0.25, 0.3) is 0 Å². The molecule has 0 aliphatic rings. The summed E-state index contributed by atoms with van der Waals surface area (Å²) in [5, 5.41) is 0. The molecule has 47 heavy (non-hydrogen) atoms. The van der Waals surface area contributed by atoms with Gasteiger partial charge in [0.1, 0.15) is 0 Å². The molecule has 5 nitrogen and oxygen atoms in total. The van der Waals surface area contributed by atoms with E-state index in [1.54, 1.807) is 0 Å². The monoisotopic (exact) mass is 755 g/mol. The third kappa shape index (κ3) is 25.5. The maximum absolute atomic E-state index is 14.0. The molecular weight excluding hydrogens is 672 g/mol. The molecule has 10 heteroatoms. The number of hydrogen-bond acceptors (Lipinski definition) is 5. The van der Waals surface area contributed by atoms with E-state index in [-0.39, 0.29) is 11.7 Å². The minimum atomic E-state index is -3.66. The summed E-state index contributed by atoms with van der Waals surface area (Å²) in [4.78, 5) is 0. The summed E-state index contributed by atoms with van der Waals surface area (Å²) in [7, 11) is -7.01. The molecule has 0 aliphatic heterocycles. The Morgan fingerprint density at radius 2 is 0.830 bits per heavy atom. The molecule has 0 aromatic heterocycles. The van der Waals surface area contributed by atoms with Gasteiger partial charge in [-0.1, -0.05) is 26.2 Å². The second kappa shape index (κ2) is 25.8. The second-order valence-corrected chi connectivity index (χ2v) is 34.4. The number of hydrogen-bond donors (Lipinski definition) is 0. The number of rotatable bonds is 34. The average Bonchev–Trinajstić information content (AvgIpc) is 2.96. The Labute approximate surface area is 300 Å². The molecule has 0 heterocycles. The summed E-state index contributed by atoms with van der Waals surface area (Å²) in [6, 6.07) is 0.544. The zero-order chi connectivity index (χ0) is 35.7. The molecule has 284 valence electrons.